The molecule has 1 aromatic rings. The molecule has 2 N–H and O–H groups in total. The number of aliphatic hydroxyl groups is 1. The number of nitrogens with one attached hydrogen (secondary N) is 1. The first-order valence-electron chi connectivity index (χ1n) is 7.10. The molecule has 2 rings (SSSR count). The van der Waals surface area contributed by atoms with E-state index in [4.69, 9.17) is 0 Å². The summed E-state index contributed by atoms with van der Waals surface area (Å²) in [5.41, 5.74) is -0.238. The maximum atomic E-state index is 13.6. The minimum atomic E-state index is -1.15. The number of thioether (sulfide) groups is 1. The van der Waals surface area contributed by atoms with Crippen molar-refractivity contribution >= 4 is 11.8 Å². The van der Waals surface area contributed by atoms with Crippen molar-refractivity contribution in [2.75, 3.05) is 12.3 Å². The summed E-state index contributed by atoms with van der Waals surface area (Å²) >= 11 is 1.91. The molecule has 1 saturated carbocycles. The summed E-state index contributed by atoms with van der Waals surface area (Å²) in [6, 6.07) is 3.98. The van der Waals surface area contributed by atoms with Crippen molar-refractivity contribution in [3.63, 3.8) is 0 Å². The van der Waals surface area contributed by atoms with E-state index in [9.17, 15) is 13.9 Å². The monoisotopic (exact) mass is 301 g/mol. The van der Waals surface area contributed by atoms with E-state index >= 15 is 0 Å². The Bertz CT molecular complexity index is 424. The third-order valence-corrected chi connectivity index (χ3v) is 5.07. The van der Waals surface area contributed by atoms with E-state index in [1.165, 1.54) is 31.0 Å². The molecule has 112 valence electrons. The predicted octanol–water partition coefficient (Wildman–Crippen LogP) is 3.26. The maximum absolute atomic E-state index is 13.6. The third kappa shape index (κ3) is 3.71. The van der Waals surface area contributed by atoms with Gasteiger partial charge in [0.05, 0.1) is 11.7 Å². The van der Waals surface area contributed by atoms with E-state index < -0.39 is 17.7 Å². The normalized spacial score (nSPS) is 24.0. The minimum Gasteiger partial charge on any atom is -0.387 e. The molecule has 3 atom stereocenters. The molecule has 0 heterocycles. The van der Waals surface area contributed by atoms with Crippen LogP contribution in [0.1, 0.15) is 37.9 Å². The van der Waals surface area contributed by atoms with E-state index in [0.29, 0.717) is 11.3 Å². The van der Waals surface area contributed by atoms with Crippen molar-refractivity contribution in [1.82, 2.24) is 5.32 Å². The highest BCUT2D eigenvalue weighted by atomic mass is 32.2. The summed E-state index contributed by atoms with van der Waals surface area (Å²) in [6.45, 7) is 2.31. The predicted molar refractivity (Wildman–Crippen MR) is 78.9 cm³/mol. The van der Waals surface area contributed by atoms with Crippen LogP contribution in [-0.2, 0) is 0 Å². The molecule has 0 aromatic heterocycles. The first-order chi connectivity index (χ1) is 9.63. The molecular formula is C15H21F2NOS. The van der Waals surface area contributed by atoms with Crippen LogP contribution in [0, 0.1) is 11.6 Å². The number of rotatable bonds is 6. The van der Waals surface area contributed by atoms with Gasteiger partial charge in [-0.2, -0.15) is 11.8 Å². The topological polar surface area (TPSA) is 32.3 Å². The van der Waals surface area contributed by atoms with Crippen LogP contribution in [0.3, 0.4) is 0 Å². The molecule has 0 radical (unpaired) electrons. The van der Waals surface area contributed by atoms with Crippen LogP contribution >= 0.6 is 11.8 Å². The van der Waals surface area contributed by atoms with Gasteiger partial charge < -0.3 is 10.4 Å². The summed E-state index contributed by atoms with van der Waals surface area (Å²) in [5, 5.41) is 13.8. The number of hydrogen-bond acceptors (Lipinski definition) is 3. The largest absolute Gasteiger partial charge is 0.387 e. The standard InChI is InChI=1S/C15H21F2NOS/c1-2-20-14-8-4-7-12(14)18-9-13(19)15-10(16)5-3-6-11(15)17/h3,5-6,12-14,18-19H,2,4,7-9H2,1H3. The zero-order valence-electron chi connectivity index (χ0n) is 11.6. The second-order valence-electron chi connectivity index (χ2n) is 5.09. The van der Waals surface area contributed by atoms with Crippen LogP contribution in [0.4, 0.5) is 8.78 Å². The van der Waals surface area contributed by atoms with Crippen molar-refractivity contribution in [2.24, 2.45) is 0 Å². The summed E-state index contributed by atoms with van der Waals surface area (Å²) in [6.07, 6.45) is 2.24. The van der Waals surface area contributed by atoms with E-state index in [-0.39, 0.29) is 12.1 Å². The average Bonchev–Trinajstić information content (AvgIpc) is 2.84. The van der Waals surface area contributed by atoms with Crippen LogP contribution in [-0.4, -0.2) is 28.7 Å². The fourth-order valence-electron chi connectivity index (χ4n) is 2.77. The maximum Gasteiger partial charge on any atom is 0.131 e. The molecule has 0 aliphatic heterocycles. The Hall–Kier alpha value is -0.650. The van der Waals surface area contributed by atoms with Gasteiger partial charge in [-0.05, 0) is 30.7 Å². The van der Waals surface area contributed by atoms with E-state index in [1.807, 2.05) is 11.8 Å². The lowest BCUT2D eigenvalue weighted by atomic mass is 10.1. The third-order valence-electron chi connectivity index (χ3n) is 3.74. The Balaban J connectivity index is 1.93. The van der Waals surface area contributed by atoms with Crippen molar-refractivity contribution in [1.29, 1.82) is 0 Å². The highest BCUT2D eigenvalue weighted by molar-refractivity contribution is 7.99. The zero-order valence-corrected chi connectivity index (χ0v) is 12.4. The number of benzene rings is 1. The molecule has 1 fully saturated rings. The van der Waals surface area contributed by atoms with E-state index in [2.05, 4.69) is 12.2 Å². The second kappa shape index (κ2) is 7.38. The van der Waals surface area contributed by atoms with Crippen LogP contribution in [0.15, 0.2) is 18.2 Å². The fourth-order valence-corrected chi connectivity index (χ4v) is 3.99. The average molecular weight is 301 g/mol. The van der Waals surface area contributed by atoms with Crippen LogP contribution < -0.4 is 5.32 Å². The molecule has 3 unspecified atom stereocenters. The zero-order chi connectivity index (χ0) is 14.5. The van der Waals surface area contributed by atoms with Gasteiger partial charge in [-0.3, -0.25) is 0 Å². The minimum absolute atomic E-state index is 0.184. The molecule has 0 saturated heterocycles. The molecule has 1 aliphatic rings. The van der Waals surface area contributed by atoms with Crippen molar-refractivity contribution in [3.8, 4) is 0 Å². The lowest BCUT2D eigenvalue weighted by Crippen LogP contribution is -2.37. The van der Waals surface area contributed by atoms with Gasteiger partial charge in [0.2, 0.25) is 0 Å². The molecule has 0 spiro atoms. The van der Waals surface area contributed by atoms with Gasteiger partial charge in [-0.15, -0.1) is 0 Å². The number of halogens is 2. The smallest absolute Gasteiger partial charge is 0.131 e. The van der Waals surface area contributed by atoms with Crippen LogP contribution in [0.25, 0.3) is 0 Å². The van der Waals surface area contributed by atoms with Crippen LogP contribution in [0.5, 0.6) is 0 Å². The van der Waals surface area contributed by atoms with Crippen LogP contribution in [0.2, 0.25) is 0 Å². The number of hydrogen-bond donors (Lipinski definition) is 2. The molecule has 2 nitrogen and oxygen atoms in total. The SMILES string of the molecule is CCSC1CCCC1NCC(O)c1c(F)cccc1F. The van der Waals surface area contributed by atoms with Crippen molar-refractivity contribution < 1.29 is 13.9 Å². The summed E-state index contributed by atoms with van der Waals surface area (Å²) in [4.78, 5) is 0. The molecular weight excluding hydrogens is 280 g/mol. The van der Waals surface area contributed by atoms with Gasteiger partial charge in [0.15, 0.2) is 0 Å². The quantitative estimate of drug-likeness (QED) is 0.846. The molecule has 0 amide bonds. The van der Waals surface area contributed by atoms with Crippen molar-refractivity contribution in [3.05, 3.63) is 35.4 Å². The van der Waals surface area contributed by atoms with Gasteiger partial charge in [0.1, 0.15) is 11.6 Å². The Morgan fingerprint density at radius 2 is 2.05 bits per heavy atom. The highest BCUT2D eigenvalue weighted by Gasteiger charge is 2.28. The summed E-state index contributed by atoms with van der Waals surface area (Å²) in [7, 11) is 0. The molecule has 1 aliphatic carbocycles. The molecule has 1 aromatic carbocycles. The van der Waals surface area contributed by atoms with Gasteiger partial charge >= 0.3 is 0 Å². The van der Waals surface area contributed by atoms with E-state index in [0.717, 1.165) is 12.2 Å². The first-order valence-corrected chi connectivity index (χ1v) is 8.15. The second-order valence-corrected chi connectivity index (χ2v) is 6.61. The lowest BCUT2D eigenvalue weighted by Gasteiger charge is -2.22. The lowest BCUT2D eigenvalue weighted by molar-refractivity contribution is 0.161. The Morgan fingerprint density at radius 1 is 1.35 bits per heavy atom. The van der Waals surface area contributed by atoms with Gasteiger partial charge in [0.25, 0.3) is 0 Å². The van der Waals surface area contributed by atoms with Crippen molar-refractivity contribution in [2.45, 2.75) is 43.6 Å². The fraction of sp³-hybridized carbons (Fsp3) is 0.600. The molecule has 0 bridgehead atoms. The summed E-state index contributed by atoms with van der Waals surface area (Å²) in [5.74, 6) is -0.316. The number of aliphatic hydroxyl groups excluding tert-OH is 1. The Morgan fingerprint density at radius 3 is 2.70 bits per heavy atom. The highest BCUT2D eigenvalue weighted by Crippen LogP contribution is 2.30. The van der Waals surface area contributed by atoms with Gasteiger partial charge in [0, 0.05) is 17.8 Å². The first kappa shape index (κ1) is 15.7. The van der Waals surface area contributed by atoms with E-state index in [1.54, 1.807) is 0 Å². The molecule has 20 heavy (non-hydrogen) atoms. The molecule has 5 heteroatoms. The Labute approximate surface area is 123 Å². The summed E-state index contributed by atoms with van der Waals surface area (Å²) < 4.78 is 27.1. The Kier molecular flexibility index (Phi) is 5.81. The van der Waals surface area contributed by atoms with Gasteiger partial charge in [-0.25, -0.2) is 8.78 Å². The van der Waals surface area contributed by atoms with Gasteiger partial charge in [-0.1, -0.05) is 19.4 Å².